The van der Waals surface area contributed by atoms with Crippen LogP contribution < -0.4 is 2.89 Å². The summed E-state index contributed by atoms with van der Waals surface area (Å²) in [5.41, 5.74) is 3.77. The van der Waals surface area contributed by atoms with Gasteiger partial charge in [0.05, 0.1) is 0 Å². The molecule has 0 saturated heterocycles. The second kappa shape index (κ2) is 12.9. The average Bonchev–Trinajstić information content (AvgIpc) is 3.46. The van der Waals surface area contributed by atoms with Gasteiger partial charge in [-0.15, -0.1) is 0 Å². The maximum absolute atomic E-state index is 5.82. The molecule has 2 aromatic rings. The minimum absolute atomic E-state index is 0.313. The molecule has 0 saturated carbocycles. The number of hydrogen-bond donors (Lipinski definition) is 0. The molecule has 0 spiro atoms. The summed E-state index contributed by atoms with van der Waals surface area (Å²) in [4.78, 5) is 4.71. The van der Waals surface area contributed by atoms with Gasteiger partial charge in [0.1, 0.15) is 0 Å². The van der Waals surface area contributed by atoms with Crippen molar-refractivity contribution >= 4 is 54.4 Å². The predicted octanol–water partition coefficient (Wildman–Crippen LogP) is 8.79. The van der Waals surface area contributed by atoms with Gasteiger partial charge in [0, 0.05) is 0 Å². The number of hydrogen-bond acceptors (Lipinski definition) is 3. The quantitative estimate of drug-likeness (QED) is 0.204. The Labute approximate surface area is 212 Å². The SMILES string of the molecule is CCC[CH2][Sn]([CH2]CCC)([CH2]CCC)[c]1cc(-c2ccc(C3=N[C@H](CC)CO3)cc2)c(Br)s1. The molecule has 1 aromatic carbocycles. The molecule has 176 valence electrons. The van der Waals surface area contributed by atoms with E-state index >= 15 is 0 Å². The van der Waals surface area contributed by atoms with E-state index in [1.807, 2.05) is 0 Å². The Morgan fingerprint density at radius 1 is 0.938 bits per heavy atom. The normalized spacial score (nSPS) is 16.3. The third kappa shape index (κ3) is 6.41. The molecule has 0 bridgehead atoms. The number of rotatable bonds is 13. The fraction of sp³-hybridized carbons (Fsp3) is 0.593. The van der Waals surface area contributed by atoms with Crippen LogP contribution >= 0.6 is 27.3 Å². The fourth-order valence-corrected chi connectivity index (χ4v) is 26.9. The molecule has 0 amide bonds. The number of nitrogens with zero attached hydrogens (tertiary/aromatic N) is 1. The van der Waals surface area contributed by atoms with Crippen LogP contribution in [0.5, 0.6) is 0 Å². The third-order valence-corrected chi connectivity index (χ3v) is 26.9. The molecule has 0 radical (unpaired) electrons. The summed E-state index contributed by atoms with van der Waals surface area (Å²) in [6.07, 6.45) is 9.22. The first-order valence-electron chi connectivity index (χ1n) is 12.7. The molecule has 32 heavy (non-hydrogen) atoms. The average molecular weight is 625 g/mol. The Balaban J connectivity index is 1.89. The number of aliphatic imine (C=N–C) groups is 1. The fourth-order valence-electron chi connectivity index (χ4n) is 4.69. The molecule has 1 atom stereocenters. The first-order valence-corrected chi connectivity index (χ1v) is 21.8. The van der Waals surface area contributed by atoms with Crippen LogP contribution in [0.2, 0.25) is 13.3 Å². The van der Waals surface area contributed by atoms with Crippen molar-refractivity contribution in [2.45, 2.75) is 92.0 Å². The van der Waals surface area contributed by atoms with Gasteiger partial charge in [-0.3, -0.25) is 0 Å². The third-order valence-electron chi connectivity index (χ3n) is 6.86. The molecule has 0 fully saturated rings. The Kier molecular flexibility index (Phi) is 10.6. The summed E-state index contributed by atoms with van der Waals surface area (Å²) in [7, 11) is 0. The topological polar surface area (TPSA) is 21.6 Å². The van der Waals surface area contributed by atoms with Gasteiger partial charge in [0.25, 0.3) is 0 Å². The Bertz CT molecular complexity index is 855. The maximum atomic E-state index is 5.82. The molecule has 2 heterocycles. The molecule has 2 nitrogen and oxygen atoms in total. The van der Waals surface area contributed by atoms with Gasteiger partial charge in [-0.1, -0.05) is 0 Å². The van der Waals surface area contributed by atoms with Crippen molar-refractivity contribution in [2.75, 3.05) is 6.61 Å². The van der Waals surface area contributed by atoms with Crippen LogP contribution in [0.1, 0.15) is 78.2 Å². The van der Waals surface area contributed by atoms with Gasteiger partial charge in [0.15, 0.2) is 0 Å². The van der Waals surface area contributed by atoms with E-state index in [1.54, 1.807) is 2.89 Å². The summed E-state index contributed by atoms with van der Waals surface area (Å²) in [6, 6.07) is 11.7. The molecule has 0 N–H and O–H groups in total. The molecule has 1 aromatic heterocycles. The molecule has 5 heteroatoms. The molecule has 0 aliphatic carbocycles. The molecule has 0 unspecified atom stereocenters. The standard InChI is InChI=1S/C15H13BrNOS.3C4H9.Sn/c1-2-12-9-18-15(17-12)11-5-3-10(4-6-11)13-7-8-19-14(13)16;3*1-3-4-2;/h3-7,12H,2,9H2,1H3;3*1,3-4H2,2H3;/t12-;;;;/m1..../s1. The first-order chi connectivity index (χ1) is 15.6. The van der Waals surface area contributed by atoms with Crippen molar-refractivity contribution < 1.29 is 4.74 Å². The minimum atomic E-state index is -2.39. The van der Waals surface area contributed by atoms with E-state index in [0.29, 0.717) is 6.04 Å². The van der Waals surface area contributed by atoms with Crippen molar-refractivity contribution in [2.24, 2.45) is 4.99 Å². The van der Waals surface area contributed by atoms with Crippen LogP contribution in [0.3, 0.4) is 0 Å². The Morgan fingerprint density at radius 2 is 1.50 bits per heavy atom. The van der Waals surface area contributed by atoms with Crippen molar-refractivity contribution in [3.05, 3.63) is 39.7 Å². The van der Waals surface area contributed by atoms with Gasteiger partial charge >= 0.3 is 214 Å². The van der Waals surface area contributed by atoms with Gasteiger partial charge < -0.3 is 0 Å². The van der Waals surface area contributed by atoms with Gasteiger partial charge in [-0.05, 0) is 0 Å². The van der Waals surface area contributed by atoms with Crippen LogP contribution in [-0.4, -0.2) is 36.9 Å². The summed E-state index contributed by atoms with van der Waals surface area (Å²) >= 11 is 3.62. The van der Waals surface area contributed by atoms with Gasteiger partial charge in [-0.25, -0.2) is 0 Å². The summed E-state index contributed by atoms with van der Waals surface area (Å²) < 4.78 is 13.5. The monoisotopic (exact) mass is 625 g/mol. The van der Waals surface area contributed by atoms with Crippen LogP contribution in [0.15, 0.2) is 39.1 Å². The molecule has 3 rings (SSSR count). The molecule has 1 aliphatic heterocycles. The second-order valence-electron chi connectivity index (χ2n) is 9.27. The Morgan fingerprint density at radius 3 is 2.00 bits per heavy atom. The zero-order valence-electron chi connectivity index (χ0n) is 20.4. The van der Waals surface area contributed by atoms with Crippen LogP contribution in [0.25, 0.3) is 11.1 Å². The van der Waals surface area contributed by atoms with E-state index in [0.717, 1.165) is 24.5 Å². The zero-order chi connectivity index (χ0) is 23.0. The van der Waals surface area contributed by atoms with Crippen molar-refractivity contribution in [3.8, 4) is 11.1 Å². The van der Waals surface area contributed by atoms with Gasteiger partial charge in [-0.2, -0.15) is 0 Å². The number of benzene rings is 1. The first kappa shape index (κ1) is 26.3. The van der Waals surface area contributed by atoms with E-state index in [1.165, 1.54) is 66.7 Å². The van der Waals surface area contributed by atoms with Gasteiger partial charge in [0.2, 0.25) is 0 Å². The van der Waals surface area contributed by atoms with E-state index < -0.39 is 18.4 Å². The summed E-state index contributed by atoms with van der Waals surface area (Å²) in [6.45, 7) is 9.95. The molecular formula is C27H40BrNOSSn. The Hall–Kier alpha value is -0.331. The van der Waals surface area contributed by atoms with Crippen LogP contribution in [0.4, 0.5) is 0 Å². The van der Waals surface area contributed by atoms with E-state index in [-0.39, 0.29) is 0 Å². The predicted molar refractivity (Wildman–Crippen MR) is 149 cm³/mol. The summed E-state index contributed by atoms with van der Waals surface area (Å²) in [5, 5.41) is 0. The number of unbranched alkanes of at least 4 members (excludes halogenated alkanes) is 3. The van der Waals surface area contributed by atoms with Crippen LogP contribution in [-0.2, 0) is 4.74 Å². The number of ether oxygens (including phenoxy) is 1. The molecular weight excluding hydrogens is 585 g/mol. The van der Waals surface area contributed by atoms with E-state index in [4.69, 9.17) is 9.73 Å². The van der Waals surface area contributed by atoms with Crippen molar-refractivity contribution in [1.29, 1.82) is 0 Å². The second-order valence-corrected chi connectivity index (χ2v) is 25.8. The van der Waals surface area contributed by atoms with E-state index in [9.17, 15) is 0 Å². The van der Waals surface area contributed by atoms with E-state index in [2.05, 4.69) is 85.3 Å². The number of thiophene rings is 1. The van der Waals surface area contributed by atoms with Crippen LogP contribution in [0, 0.1) is 0 Å². The zero-order valence-corrected chi connectivity index (χ0v) is 25.6. The number of halogens is 1. The van der Waals surface area contributed by atoms with Crippen molar-refractivity contribution in [3.63, 3.8) is 0 Å². The molecule has 1 aliphatic rings. The van der Waals surface area contributed by atoms with Crippen molar-refractivity contribution in [1.82, 2.24) is 0 Å². The summed E-state index contributed by atoms with van der Waals surface area (Å²) in [5.74, 6) is 0.808.